The van der Waals surface area contributed by atoms with Gasteiger partial charge >= 0.3 is 0 Å². The monoisotopic (exact) mass is 276 g/mol. The van der Waals surface area contributed by atoms with E-state index in [1.54, 1.807) is 0 Å². The summed E-state index contributed by atoms with van der Waals surface area (Å²) in [5, 5.41) is 3.04. The van der Waals surface area contributed by atoms with Crippen LogP contribution in [-0.2, 0) is 9.53 Å². The van der Waals surface area contributed by atoms with Crippen molar-refractivity contribution in [2.75, 3.05) is 31.6 Å². The number of carbonyl (C=O) groups is 1. The van der Waals surface area contributed by atoms with Crippen LogP contribution in [0.25, 0.3) is 0 Å². The molecule has 1 N–H and O–H groups in total. The summed E-state index contributed by atoms with van der Waals surface area (Å²) in [5.74, 6) is 0.0319. The van der Waals surface area contributed by atoms with Gasteiger partial charge in [-0.05, 0) is 51.0 Å². The van der Waals surface area contributed by atoms with Crippen LogP contribution in [0.1, 0.15) is 25.0 Å². The van der Waals surface area contributed by atoms with Crippen molar-refractivity contribution in [3.63, 3.8) is 0 Å². The Balaban J connectivity index is 2.09. The Bertz CT molecular complexity index is 471. The number of amides is 1. The van der Waals surface area contributed by atoms with Crippen LogP contribution in [0.5, 0.6) is 0 Å². The minimum atomic E-state index is -0.526. The summed E-state index contributed by atoms with van der Waals surface area (Å²) in [7, 11) is 0. The van der Waals surface area contributed by atoms with E-state index in [4.69, 9.17) is 4.74 Å². The lowest BCUT2D eigenvalue weighted by Crippen LogP contribution is -2.56. The summed E-state index contributed by atoms with van der Waals surface area (Å²) in [6.07, 6.45) is 0. The van der Waals surface area contributed by atoms with Gasteiger partial charge in [0.25, 0.3) is 0 Å². The van der Waals surface area contributed by atoms with E-state index in [1.807, 2.05) is 39.8 Å². The first-order valence-corrected chi connectivity index (χ1v) is 7.12. The van der Waals surface area contributed by atoms with Crippen molar-refractivity contribution in [1.82, 2.24) is 4.90 Å². The fourth-order valence-electron chi connectivity index (χ4n) is 2.60. The van der Waals surface area contributed by atoms with Crippen LogP contribution >= 0.6 is 0 Å². The van der Waals surface area contributed by atoms with Crippen molar-refractivity contribution in [3.05, 3.63) is 29.3 Å². The predicted octanol–water partition coefficient (Wildman–Crippen LogP) is 2.35. The molecular weight excluding hydrogens is 252 g/mol. The van der Waals surface area contributed by atoms with Crippen molar-refractivity contribution >= 4 is 11.6 Å². The van der Waals surface area contributed by atoms with Gasteiger partial charge in [0.15, 0.2) is 0 Å². The number of carbonyl (C=O) groups excluding carboxylic acids is 1. The summed E-state index contributed by atoms with van der Waals surface area (Å²) in [5.41, 5.74) is 2.66. The quantitative estimate of drug-likeness (QED) is 0.921. The zero-order valence-electron chi connectivity index (χ0n) is 12.8. The van der Waals surface area contributed by atoms with Crippen LogP contribution in [-0.4, -0.2) is 42.6 Å². The molecule has 1 amide bonds. The molecule has 0 spiro atoms. The third kappa shape index (κ3) is 3.38. The van der Waals surface area contributed by atoms with Crippen molar-refractivity contribution in [2.24, 2.45) is 0 Å². The Morgan fingerprint density at radius 2 is 1.70 bits per heavy atom. The first-order valence-electron chi connectivity index (χ1n) is 7.12. The number of nitrogens with zero attached hydrogens (tertiary/aromatic N) is 1. The van der Waals surface area contributed by atoms with E-state index in [9.17, 15) is 4.79 Å². The average molecular weight is 276 g/mol. The normalized spacial score (nSPS) is 17.0. The molecule has 0 atom stereocenters. The smallest absolute Gasteiger partial charge is 0.244 e. The highest BCUT2D eigenvalue weighted by Crippen LogP contribution is 2.20. The van der Waals surface area contributed by atoms with Gasteiger partial charge in [-0.3, -0.25) is 9.69 Å². The first kappa shape index (κ1) is 15.0. The average Bonchev–Trinajstić information content (AvgIpc) is 2.38. The van der Waals surface area contributed by atoms with Gasteiger partial charge in [0, 0.05) is 18.8 Å². The molecule has 0 aromatic heterocycles. The van der Waals surface area contributed by atoms with Gasteiger partial charge in [0.2, 0.25) is 5.91 Å². The van der Waals surface area contributed by atoms with E-state index in [2.05, 4.69) is 16.3 Å². The van der Waals surface area contributed by atoms with Crippen LogP contribution in [0.2, 0.25) is 0 Å². The van der Waals surface area contributed by atoms with Gasteiger partial charge in [-0.1, -0.05) is 6.07 Å². The molecule has 1 fully saturated rings. The maximum Gasteiger partial charge on any atom is 0.244 e. The first-order chi connectivity index (χ1) is 9.39. The summed E-state index contributed by atoms with van der Waals surface area (Å²) in [6.45, 7) is 11.0. The number of hydrogen-bond donors (Lipinski definition) is 1. The number of anilines is 1. The number of morpholine rings is 1. The number of hydrogen-bond acceptors (Lipinski definition) is 3. The molecule has 0 saturated carbocycles. The molecule has 1 saturated heterocycles. The molecule has 1 aromatic carbocycles. The molecule has 4 nitrogen and oxygen atoms in total. The second-order valence-corrected chi connectivity index (χ2v) is 5.99. The second kappa shape index (κ2) is 5.94. The predicted molar refractivity (Wildman–Crippen MR) is 81.0 cm³/mol. The molecule has 1 aliphatic heterocycles. The van der Waals surface area contributed by atoms with E-state index in [0.717, 1.165) is 29.9 Å². The third-order valence-corrected chi connectivity index (χ3v) is 3.84. The van der Waals surface area contributed by atoms with Crippen LogP contribution in [0, 0.1) is 13.8 Å². The number of rotatable bonds is 3. The van der Waals surface area contributed by atoms with E-state index in [0.29, 0.717) is 13.2 Å². The zero-order valence-corrected chi connectivity index (χ0v) is 12.8. The van der Waals surface area contributed by atoms with E-state index in [1.165, 1.54) is 0 Å². The Labute approximate surface area is 121 Å². The molecule has 0 aliphatic carbocycles. The Hall–Kier alpha value is -1.39. The van der Waals surface area contributed by atoms with Crippen molar-refractivity contribution in [3.8, 4) is 0 Å². The van der Waals surface area contributed by atoms with Gasteiger partial charge in [0.1, 0.15) is 0 Å². The molecular formula is C16H24N2O2. The number of aryl methyl sites for hydroxylation is 2. The lowest BCUT2D eigenvalue weighted by atomic mass is 10.0. The molecule has 20 heavy (non-hydrogen) atoms. The van der Waals surface area contributed by atoms with Gasteiger partial charge in [-0.25, -0.2) is 0 Å². The highest BCUT2D eigenvalue weighted by molar-refractivity contribution is 5.97. The standard InChI is InChI=1S/C16H24N2O2/c1-12-9-13(2)11-14(10-12)17-15(19)16(3,4)18-5-7-20-8-6-18/h9-11H,5-8H2,1-4H3,(H,17,19). The van der Waals surface area contributed by atoms with Gasteiger partial charge in [-0.15, -0.1) is 0 Å². The Morgan fingerprint density at radius 3 is 2.25 bits per heavy atom. The fraction of sp³-hybridized carbons (Fsp3) is 0.562. The molecule has 1 heterocycles. The van der Waals surface area contributed by atoms with Crippen LogP contribution in [0.15, 0.2) is 18.2 Å². The summed E-state index contributed by atoms with van der Waals surface area (Å²) in [6, 6.07) is 6.10. The number of ether oxygens (including phenoxy) is 1. The topological polar surface area (TPSA) is 41.6 Å². The Morgan fingerprint density at radius 1 is 1.15 bits per heavy atom. The maximum atomic E-state index is 12.6. The lowest BCUT2D eigenvalue weighted by molar-refractivity contribution is -0.129. The largest absolute Gasteiger partial charge is 0.379 e. The van der Waals surface area contributed by atoms with Crippen molar-refractivity contribution < 1.29 is 9.53 Å². The Kier molecular flexibility index (Phi) is 4.45. The van der Waals surface area contributed by atoms with Crippen molar-refractivity contribution in [2.45, 2.75) is 33.2 Å². The molecule has 0 unspecified atom stereocenters. The molecule has 110 valence electrons. The minimum Gasteiger partial charge on any atom is -0.379 e. The molecule has 4 heteroatoms. The van der Waals surface area contributed by atoms with Crippen LogP contribution in [0.3, 0.4) is 0 Å². The van der Waals surface area contributed by atoms with Crippen LogP contribution in [0.4, 0.5) is 5.69 Å². The van der Waals surface area contributed by atoms with Crippen LogP contribution < -0.4 is 5.32 Å². The molecule has 0 radical (unpaired) electrons. The molecule has 0 bridgehead atoms. The molecule has 1 aliphatic rings. The number of nitrogens with one attached hydrogen (secondary N) is 1. The summed E-state index contributed by atoms with van der Waals surface area (Å²) >= 11 is 0. The molecule has 1 aromatic rings. The summed E-state index contributed by atoms with van der Waals surface area (Å²) < 4.78 is 5.35. The van der Waals surface area contributed by atoms with Gasteiger partial charge in [0.05, 0.1) is 18.8 Å². The van der Waals surface area contributed by atoms with E-state index < -0.39 is 5.54 Å². The van der Waals surface area contributed by atoms with E-state index in [-0.39, 0.29) is 5.91 Å². The fourth-order valence-corrected chi connectivity index (χ4v) is 2.60. The lowest BCUT2D eigenvalue weighted by Gasteiger charge is -2.39. The van der Waals surface area contributed by atoms with E-state index >= 15 is 0 Å². The zero-order chi connectivity index (χ0) is 14.8. The number of benzene rings is 1. The highest BCUT2D eigenvalue weighted by Gasteiger charge is 2.35. The van der Waals surface area contributed by atoms with Gasteiger partial charge < -0.3 is 10.1 Å². The minimum absolute atomic E-state index is 0.0319. The SMILES string of the molecule is Cc1cc(C)cc(NC(=O)C(C)(C)N2CCOCC2)c1. The van der Waals surface area contributed by atoms with Crippen molar-refractivity contribution in [1.29, 1.82) is 0 Å². The third-order valence-electron chi connectivity index (χ3n) is 3.84. The van der Waals surface area contributed by atoms with Gasteiger partial charge in [-0.2, -0.15) is 0 Å². The molecule has 2 rings (SSSR count). The second-order valence-electron chi connectivity index (χ2n) is 5.99. The summed E-state index contributed by atoms with van der Waals surface area (Å²) in [4.78, 5) is 14.7. The highest BCUT2D eigenvalue weighted by atomic mass is 16.5. The maximum absolute atomic E-state index is 12.6.